The molecule has 3 nitrogen and oxygen atoms in total. The van der Waals surface area contributed by atoms with Gasteiger partial charge in [-0.3, -0.25) is 0 Å². The molecular weight excluding hydrogens is 240 g/mol. The van der Waals surface area contributed by atoms with Crippen molar-refractivity contribution in [3.05, 3.63) is 65.2 Å². The van der Waals surface area contributed by atoms with Crippen LogP contribution < -0.4 is 4.74 Å². The van der Waals surface area contributed by atoms with Gasteiger partial charge in [-0.2, -0.15) is 0 Å². The average molecular weight is 256 g/mol. The van der Waals surface area contributed by atoms with E-state index in [2.05, 4.69) is 0 Å². The molecule has 0 radical (unpaired) electrons. The van der Waals surface area contributed by atoms with E-state index in [4.69, 9.17) is 9.47 Å². The van der Waals surface area contributed by atoms with Gasteiger partial charge >= 0.3 is 0 Å². The summed E-state index contributed by atoms with van der Waals surface area (Å²) in [6.45, 7) is 1.26. The summed E-state index contributed by atoms with van der Waals surface area (Å²) in [7, 11) is 0. The second-order valence-corrected chi connectivity index (χ2v) is 4.62. The van der Waals surface area contributed by atoms with E-state index < -0.39 is 0 Å². The SMILES string of the molecule is OCc1cc([C@@H]2CO2)ccc1OCc1ccccc1. The summed E-state index contributed by atoms with van der Waals surface area (Å²) in [6, 6.07) is 15.8. The normalized spacial score (nSPS) is 17.2. The zero-order valence-corrected chi connectivity index (χ0v) is 10.6. The molecule has 0 spiro atoms. The Balaban J connectivity index is 1.73. The van der Waals surface area contributed by atoms with Crippen molar-refractivity contribution in [2.24, 2.45) is 0 Å². The van der Waals surface area contributed by atoms with Gasteiger partial charge in [0.05, 0.1) is 13.2 Å². The van der Waals surface area contributed by atoms with Crippen molar-refractivity contribution < 1.29 is 14.6 Å². The Hall–Kier alpha value is -1.84. The zero-order valence-electron chi connectivity index (χ0n) is 10.6. The lowest BCUT2D eigenvalue weighted by atomic mass is 10.1. The molecule has 1 N–H and O–H groups in total. The third kappa shape index (κ3) is 2.95. The van der Waals surface area contributed by atoms with Gasteiger partial charge in [-0.25, -0.2) is 0 Å². The van der Waals surface area contributed by atoms with Crippen molar-refractivity contribution in [1.82, 2.24) is 0 Å². The summed E-state index contributed by atoms with van der Waals surface area (Å²) < 4.78 is 11.0. The van der Waals surface area contributed by atoms with Gasteiger partial charge in [0.15, 0.2) is 0 Å². The van der Waals surface area contributed by atoms with Gasteiger partial charge < -0.3 is 14.6 Å². The standard InChI is InChI=1S/C16H16O3/c17-9-14-8-13(16-11-19-16)6-7-15(14)18-10-12-4-2-1-3-5-12/h1-8,16-17H,9-11H2/t16-/m0/s1. The Bertz CT molecular complexity index is 547. The van der Waals surface area contributed by atoms with Crippen LogP contribution in [0, 0.1) is 0 Å². The van der Waals surface area contributed by atoms with Crippen LogP contribution in [0.2, 0.25) is 0 Å². The van der Waals surface area contributed by atoms with Crippen LogP contribution in [-0.4, -0.2) is 11.7 Å². The molecule has 1 aliphatic rings. The van der Waals surface area contributed by atoms with E-state index in [1.165, 1.54) is 0 Å². The highest BCUT2D eigenvalue weighted by Crippen LogP contribution is 2.33. The summed E-state index contributed by atoms with van der Waals surface area (Å²) in [5, 5.41) is 9.42. The quantitative estimate of drug-likeness (QED) is 0.836. The lowest BCUT2D eigenvalue weighted by molar-refractivity contribution is 0.258. The molecular formula is C16H16O3. The highest BCUT2D eigenvalue weighted by Gasteiger charge is 2.25. The molecule has 1 fully saturated rings. The molecule has 1 saturated heterocycles. The van der Waals surface area contributed by atoms with Crippen LogP contribution >= 0.6 is 0 Å². The first-order valence-electron chi connectivity index (χ1n) is 6.39. The van der Waals surface area contributed by atoms with E-state index in [-0.39, 0.29) is 12.7 Å². The van der Waals surface area contributed by atoms with Crippen LogP contribution in [0.3, 0.4) is 0 Å². The van der Waals surface area contributed by atoms with E-state index in [9.17, 15) is 5.11 Å². The summed E-state index contributed by atoms with van der Waals surface area (Å²) in [4.78, 5) is 0. The molecule has 0 amide bonds. The molecule has 1 aliphatic heterocycles. The van der Waals surface area contributed by atoms with Crippen LogP contribution in [-0.2, 0) is 18.0 Å². The monoisotopic (exact) mass is 256 g/mol. The van der Waals surface area contributed by atoms with Crippen LogP contribution in [0.5, 0.6) is 5.75 Å². The number of benzene rings is 2. The van der Waals surface area contributed by atoms with Gasteiger partial charge in [0.2, 0.25) is 0 Å². The molecule has 98 valence electrons. The van der Waals surface area contributed by atoms with Crippen molar-refractivity contribution in [2.75, 3.05) is 6.61 Å². The first-order chi connectivity index (χ1) is 9.36. The minimum atomic E-state index is -0.0231. The van der Waals surface area contributed by atoms with Crippen molar-refractivity contribution in [3.8, 4) is 5.75 Å². The lowest BCUT2D eigenvalue weighted by Gasteiger charge is -2.11. The zero-order chi connectivity index (χ0) is 13.1. The van der Waals surface area contributed by atoms with Crippen molar-refractivity contribution in [1.29, 1.82) is 0 Å². The molecule has 1 heterocycles. The molecule has 0 saturated carbocycles. The van der Waals surface area contributed by atoms with Gasteiger partial charge in [0.1, 0.15) is 18.5 Å². The fourth-order valence-electron chi connectivity index (χ4n) is 2.04. The maximum Gasteiger partial charge on any atom is 0.125 e. The summed E-state index contributed by atoms with van der Waals surface area (Å²) in [5.74, 6) is 0.732. The number of aliphatic hydroxyl groups excluding tert-OH is 1. The van der Waals surface area contributed by atoms with Gasteiger partial charge in [-0.15, -0.1) is 0 Å². The van der Waals surface area contributed by atoms with E-state index in [1.807, 2.05) is 48.5 Å². The summed E-state index contributed by atoms with van der Waals surface area (Å²) >= 11 is 0. The van der Waals surface area contributed by atoms with E-state index >= 15 is 0 Å². The highest BCUT2D eigenvalue weighted by molar-refractivity contribution is 5.38. The first-order valence-corrected chi connectivity index (χ1v) is 6.39. The van der Waals surface area contributed by atoms with Gasteiger partial charge in [0, 0.05) is 5.56 Å². The lowest BCUT2D eigenvalue weighted by Crippen LogP contribution is -1.99. The van der Waals surface area contributed by atoms with E-state index in [0.29, 0.717) is 6.61 Å². The number of rotatable bonds is 5. The van der Waals surface area contributed by atoms with Gasteiger partial charge in [-0.05, 0) is 23.3 Å². The number of hydrogen-bond acceptors (Lipinski definition) is 3. The topological polar surface area (TPSA) is 42.0 Å². The number of hydrogen-bond donors (Lipinski definition) is 1. The summed E-state index contributed by atoms with van der Waals surface area (Å²) in [6.07, 6.45) is 0.202. The second-order valence-electron chi connectivity index (χ2n) is 4.62. The molecule has 0 aliphatic carbocycles. The fourth-order valence-corrected chi connectivity index (χ4v) is 2.04. The van der Waals surface area contributed by atoms with E-state index in [1.54, 1.807) is 0 Å². The Morgan fingerprint density at radius 1 is 1.16 bits per heavy atom. The second kappa shape index (κ2) is 5.43. The van der Waals surface area contributed by atoms with Crippen LogP contribution in [0.1, 0.15) is 22.8 Å². The number of ether oxygens (including phenoxy) is 2. The average Bonchev–Trinajstić information content (AvgIpc) is 3.30. The van der Waals surface area contributed by atoms with Crippen molar-refractivity contribution in [2.45, 2.75) is 19.3 Å². The smallest absolute Gasteiger partial charge is 0.125 e. The minimum Gasteiger partial charge on any atom is -0.489 e. The number of aliphatic hydroxyl groups is 1. The maximum absolute atomic E-state index is 9.42. The third-order valence-electron chi connectivity index (χ3n) is 3.20. The highest BCUT2D eigenvalue weighted by atomic mass is 16.6. The van der Waals surface area contributed by atoms with Gasteiger partial charge in [-0.1, -0.05) is 36.4 Å². The molecule has 0 aromatic heterocycles. The Kier molecular flexibility index (Phi) is 3.49. The predicted molar refractivity (Wildman–Crippen MR) is 71.8 cm³/mol. The Labute approximate surface area is 112 Å². The number of epoxide rings is 1. The van der Waals surface area contributed by atoms with Crippen molar-refractivity contribution in [3.63, 3.8) is 0 Å². The minimum absolute atomic E-state index is 0.0231. The molecule has 3 heteroatoms. The predicted octanol–water partition coefficient (Wildman–Crippen LogP) is 2.83. The van der Waals surface area contributed by atoms with Crippen LogP contribution in [0.15, 0.2) is 48.5 Å². The maximum atomic E-state index is 9.42. The molecule has 1 atom stereocenters. The Morgan fingerprint density at radius 2 is 1.95 bits per heavy atom. The van der Waals surface area contributed by atoms with Crippen LogP contribution in [0.25, 0.3) is 0 Å². The van der Waals surface area contributed by atoms with E-state index in [0.717, 1.165) is 29.0 Å². The molecule has 2 aromatic rings. The third-order valence-corrected chi connectivity index (χ3v) is 3.20. The van der Waals surface area contributed by atoms with Crippen LogP contribution in [0.4, 0.5) is 0 Å². The Morgan fingerprint density at radius 3 is 2.63 bits per heavy atom. The molecule has 0 unspecified atom stereocenters. The van der Waals surface area contributed by atoms with Gasteiger partial charge in [0.25, 0.3) is 0 Å². The summed E-state index contributed by atoms with van der Waals surface area (Å²) in [5.41, 5.74) is 3.03. The van der Waals surface area contributed by atoms with Crippen molar-refractivity contribution >= 4 is 0 Å². The fraction of sp³-hybridized carbons (Fsp3) is 0.250. The molecule has 19 heavy (non-hydrogen) atoms. The first kappa shape index (κ1) is 12.2. The molecule has 2 aromatic carbocycles. The molecule has 0 bridgehead atoms. The largest absolute Gasteiger partial charge is 0.489 e. The molecule has 3 rings (SSSR count).